The van der Waals surface area contributed by atoms with Gasteiger partial charge in [-0.1, -0.05) is 0 Å². The zero-order valence-electron chi connectivity index (χ0n) is 11.8. The third-order valence-electron chi connectivity index (χ3n) is 3.99. The number of aryl methyl sites for hydroxylation is 3. The molecule has 2 N–H and O–H groups in total. The molecule has 0 fully saturated rings. The Labute approximate surface area is 118 Å². The van der Waals surface area contributed by atoms with Gasteiger partial charge in [-0.2, -0.15) is 0 Å². The number of hydrogen-bond acceptors (Lipinski definition) is 3. The molecule has 2 aromatic heterocycles. The van der Waals surface area contributed by atoms with E-state index in [9.17, 15) is 4.79 Å². The van der Waals surface area contributed by atoms with Gasteiger partial charge < -0.3 is 14.9 Å². The fourth-order valence-electron chi connectivity index (χ4n) is 2.96. The molecule has 0 radical (unpaired) electrons. The maximum atomic E-state index is 11.8. The van der Waals surface area contributed by atoms with Crippen molar-refractivity contribution in [2.45, 2.75) is 45.7 Å². The van der Waals surface area contributed by atoms with Gasteiger partial charge in [0, 0.05) is 36.7 Å². The van der Waals surface area contributed by atoms with Crippen molar-refractivity contribution in [3.05, 3.63) is 45.9 Å². The Kier molecular flexibility index (Phi) is 3.34. The topological polar surface area (TPSA) is 65.8 Å². The minimum absolute atomic E-state index is 0.00849. The quantitative estimate of drug-likeness (QED) is 0.921. The van der Waals surface area contributed by atoms with Gasteiger partial charge in [0.15, 0.2) is 0 Å². The average Bonchev–Trinajstić information content (AvgIpc) is 2.75. The second-order valence-corrected chi connectivity index (χ2v) is 5.41. The van der Waals surface area contributed by atoms with Crippen LogP contribution in [0.25, 0.3) is 0 Å². The molecule has 0 amide bonds. The number of pyridine rings is 1. The number of fused-ring (bicyclic) bond motifs is 1. The molecule has 3 rings (SSSR count). The van der Waals surface area contributed by atoms with Crippen molar-refractivity contribution < 1.29 is 0 Å². The highest BCUT2D eigenvalue weighted by molar-refractivity contribution is 5.33. The Balaban J connectivity index is 1.83. The minimum Gasteiger partial charge on any atom is -0.398 e. The van der Waals surface area contributed by atoms with Crippen LogP contribution in [0.1, 0.15) is 30.1 Å². The van der Waals surface area contributed by atoms with Crippen molar-refractivity contribution in [1.82, 2.24) is 14.1 Å². The summed E-state index contributed by atoms with van der Waals surface area (Å²) in [7, 11) is 0. The van der Waals surface area contributed by atoms with E-state index in [-0.39, 0.29) is 5.56 Å². The lowest BCUT2D eigenvalue weighted by Gasteiger charge is -2.15. The first-order chi connectivity index (χ1) is 9.65. The molecule has 5 nitrogen and oxygen atoms in total. The number of hydrogen-bond donors (Lipinski definition) is 1. The molecule has 0 saturated heterocycles. The normalized spacial score (nSPS) is 14.2. The SMILES string of the molecule is Cc1nc2c(n1CCn1cc(N)ccc1=O)CCCC2. The van der Waals surface area contributed by atoms with Crippen LogP contribution in [0.15, 0.2) is 23.1 Å². The number of nitrogen functional groups attached to an aromatic ring is 1. The van der Waals surface area contributed by atoms with Gasteiger partial charge in [0.05, 0.1) is 5.69 Å². The molecule has 5 heteroatoms. The van der Waals surface area contributed by atoms with E-state index in [2.05, 4.69) is 9.55 Å². The summed E-state index contributed by atoms with van der Waals surface area (Å²) in [6.07, 6.45) is 6.36. The standard InChI is InChI=1S/C15H20N4O/c1-11-17-13-4-2-3-5-14(13)19(11)9-8-18-10-12(16)6-7-15(18)20/h6-7,10H,2-5,8-9,16H2,1H3. The number of rotatable bonds is 3. The molecular weight excluding hydrogens is 252 g/mol. The van der Waals surface area contributed by atoms with E-state index < -0.39 is 0 Å². The molecule has 0 spiro atoms. The number of anilines is 1. The largest absolute Gasteiger partial charge is 0.398 e. The fraction of sp³-hybridized carbons (Fsp3) is 0.467. The summed E-state index contributed by atoms with van der Waals surface area (Å²) < 4.78 is 3.92. The van der Waals surface area contributed by atoms with E-state index in [0.717, 1.165) is 25.2 Å². The molecule has 1 aliphatic rings. The lowest BCUT2D eigenvalue weighted by Crippen LogP contribution is -2.22. The number of imidazole rings is 1. The molecule has 2 aromatic rings. The van der Waals surface area contributed by atoms with Gasteiger partial charge in [0.1, 0.15) is 5.82 Å². The van der Waals surface area contributed by atoms with Crippen LogP contribution in [0.4, 0.5) is 5.69 Å². The van der Waals surface area contributed by atoms with Gasteiger partial charge in [0.2, 0.25) is 0 Å². The fourth-order valence-corrected chi connectivity index (χ4v) is 2.96. The van der Waals surface area contributed by atoms with E-state index in [1.54, 1.807) is 16.8 Å². The summed E-state index contributed by atoms with van der Waals surface area (Å²) in [5, 5.41) is 0. The molecule has 2 heterocycles. The highest BCUT2D eigenvalue weighted by Crippen LogP contribution is 2.22. The lowest BCUT2D eigenvalue weighted by molar-refractivity contribution is 0.529. The van der Waals surface area contributed by atoms with Crippen LogP contribution in [0.3, 0.4) is 0 Å². The molecule has 20 heavy (non-hydrogen) atoms. The van der Waals surface area contributed by atoms with Crippen LogP contribution in [-0.4, -0.2) is 14.1 Å². The maximum absolute atomic E-state index is 11.8. The Morgan fingerprint density at radius 1 is 1.25 bits per heavy atom. The molecule has 106 valence electrons. The molecule has 0 saturated carbocycles. The van der Waals surface area contributed by atoms with Crippen molar-refractivity contribution in [3.63, 3.8) is 0 Å². The minimum atomic E-state index is -0.00849. The first-order valence-electron chi connectivity index (χ1n) is 7.16. The zero-order chi connectivity index (χ0) is 14.1. The van der Waals surface area contributed by atoms with Crippen LogP contribution in [-0.2, 0) is 25.9 Å². The molecule has 1 aliphatic carbocycles. The Hall–Kier alpha value is -2.04. The summed E-state index contributed by atoms with van der Waals surface area (Å²) in [5.74, 6) is 1.05. The van der Waals surface area contributed by atoms with E-state index >= 15 is 0 Å². The van der Waals surface area contributed by atoms with E-state index in [1.165, 1.54) is 30.3 Å². The van der Waals surface area contributed by atoms with Crippen molar-refractivity contribution in [1.29, 1.82) is 0 Å². The Morgan fingerprint density at radius 3 is 2.90 bits per heavy atom. The van der Waals surface area contributed by atoms with Gasteiger partial charge in [-0.15, -0.1) is 0 Å². The van der Waals surface area contributed by atoms with Gasteiger partial charge in [-0.05, 0) is 38.7 Å². The van der Waals surface area contributed by atoms with Crippen LogP contribution in [0.5, 0.6) is 0 Å². The summed E-state index contributed by atoms with van der Waals surface area (Å²) in [6.45, 7) is 3.45. The van der Waals surface area contributed by atoms with Crippen molar-refractivity contribution in [2.24, 2.45) is 0 Å². The lowest BCUT2D eigenvalue weighted by atomic mass is 10.0. The first-order valence-corrected chi connectivity index (χ1v) is 7.16. The van der Waals surface area contributed by atoms with Gasteiger partial charge >= 0.3 is 0 Å². The predicted octanol–water partition coefficient (Wildman–Crippen LogP) is 1.51. The molecule has 0 atom stereocenters. The van der Waals surface area contributed by atoms with Crippen LogP contribution in [0, 0.1) is 6.92 Å². The maximum Gasteiger partial charge on any atom is 0.250 e. The van der Waals surface area contributed by atoms with E-state index in [4.69, 9.17) is 5.73 Å². The zero-order valence-corrected chi connectivity index (χ0v) is 11.8. The smallest absolute Gasteiger partial charge is 0.250 e. The van der Waals surface area contributed by atoms with Crippen molar-refractivity contribution >= 4 is 5.69 Å². The van der Waals surface area contributed by atoms with Gasteiger partial charge in [-0.3, -0.25) is 4.79 Å². The second-order valence-electron chi connectivity index (χ2n) is 5.41. The van der Waals surface area contributed by atoms with E-state index in [0.29, 0.717) is 12.2 Å². The summed E-state index contributed by atoms with van der Waals surface area (Å²) in [6, 6.07) is 3.16. The molecule has 0 bridgehead atoms. The summed E-state index contributed by atoms with van der Waals surface area (Å²) in [5.41, 5.74) is 8.95. The third-order valence-corrected chi connectivity index (χ3v) is 3.99. The second kappa shape index (κ2) is 5.15. The first kappa shape index (κ1) is 13.0. The number of nitrogens with zero attached hydrogens (tertiary/aromatic N) is 3. The molecular formula is C15H20N4O. The van der Waals surface area contributed by atoms with Crippen LogP contribution in [0.2, 0.25) is 0 Å². The van der Waals surface area contributed by atoms with Crippen LogP contribution >= 0.6 is 0 Å². The number of nitrogens with two attached hydrogens (primary N) is 1. The highest BCUT2D eigenvalue weighted by Gasteiger charge is 2.17. The van der Waals surface area contributed by atoms with Gasteiger partial charge in [-0.25, -0.2) is 4.98 Å². The Morgan fingerprint density at radius 2 is 2.05 bits per heavy atom. The van der Waals surface area contributed by atoms with Crippen LogP contribution < -0.4 is 11.3 Å². The van der Waals surface area contributed by atoms with Crippen molar-refractivity contribution in [2.75, 3.05) is 5.73 Å². The molecule has 0 aromatic carbocycles. The number of aromatic nitrogens is 3. The van der Waals surface area contributed by atoms with Gasteiger partial charge in [0.25, 0.3) is 5.56 Å². The average molecular weight is 272 g/mol. The molecule has 0 unspecified atom stereocenters. The Bertz CT molecular complexity index is 684. The summed E-state index contributed by atoms with van der Waals surface area (Å²) in [4.78, 5) is 16.4. The molecule has 0 aliphatic heterocycles. The summed E-state index contributed by atoms with van der Waals surface area (Å²) >= 11 is 0. The third kappa shape index (κ3) is 2.35. The van der Waals surface area contributed by atoms with Crippen molar-refractivity contribution in [3.8, 4) is 0 Å². The predicted molar refractivity (Wildman–Crippen MR) is 78.7 cm³/mol. The highest BCUT2D eigenvalue weighted by atomic mass is 16.1. The monoisotopic (exact) mass is 272 g/mol. The van der Waals surface area contributed by atoms with E-state index in [1.807, 2.05) is 6.92 Å².